The van der Waals surface area contributed by atoms with Crippen molar-refractivity contribution < 1.29 is 31.7 Å². The minimum absolute atomic E-state index is 0.00297. The van der Waals surface area contributed by atoms with Crippen molar-refractivity contribution >= 4 is 22.2 Å². The van der Waals surface area contributed by atoms with Crippen LogP contribution in [0.1, 0.15) is 39.2 Å². The van der Waals surface area contributed by atoms with Gasteiger partial charge in [0.25, 0.3) is 10.1 Å². The Morgan fingerprint density at radius 1 is 1.14 bits per heavy atom. The van der Waals surface area contributed by atoms with E-state index in [2.05, 4.69) is 0 Å². The van der Waals surface area contributed by atoms with Crippen LogP contribution in [0.3, 0.4) is 0 Å². The molecule has 0 radical (unpaired) electrons. The first-order valence-corrected chi connectivity index (χ1v) is 10.4. The average Bonchev–Trinajstić information content (AvgIpc) is 2.59. The molecule has 1 amide bonds. The zero-order chi connectivity index (χ0) is 21.1. The average molecular weight is 413 g/mol. The zero-order valence-electron chi connectivity index (χ0n) is 16.8. The maximum absolute atomic E-state index is 12.5. The van der Waals surface area contributed by atoms with Crippen molar-refractivity contribution in [2.45, 2.75) is 63.2 Å². The Morgan fingerprint density at radius 3 is 2.29 bits per heavy atom. The van der Waals surface area contributed by atoms with Gasteiger partial charge >= 0.3 is 12.1 Å². The molecular weight excluding hydrogens is 386 g/mol. The Morgan fingerprint density at radius 2 is 1.75 bits per heavy atom. The summed E-state index contributed by atoms with van der Waals surface area (Å²) < 4.78 is 40.5. The van der Waals surface area contributed by atoms with Gasteiger partial charge in [-0.05, 0) is 46.2 Å². The minimum Gasteiger partial charge on any atom is -0.467 e. The van der Waals surface area contributed by atoms with E-state index in [1.807, 2.05) is 6.92 Å². The number of hydrogen-bond acceptors (Lipinski definition) is 7. The second kappa shape index (κ2) is 8.48. The fourth-order valence-electron chi connectivity index (χ4n) is 2.86. The van der Waals surface area contributed by atoms with Gasteiger partial charge in [0.05, 0.1) is 18.1 Å². The molecule has 1 fully saturated rings. The van der Waals surface area contributed by atoms with E-state index in [1.165, 1.54) is 24.1 Å². The molecule has 1 heterocycles. The highest BCUT2D eigenvalue weighted by atomic mass is 32.2. The summed E-state index contributed by atoms with van der Waals surface area (Å²) in [6.07, 6.45) is -1.16. The third-order valence-corrected chi connectivity index (χ3v) is 5.60. The quantitative estimate of drug-likeness (QED) is 0.553. The van der Waals surface area contributed by atoms with Crippen LogP contribution in [0, 0.1) is 6.92 Å². The fraction of sp³-hybridized carbons (Fsp3) is 0.579. The number of benzene rings is 1. The zero-order valence-corrected chi connectivity index (χ0v) is 17.6. The van der Waals surface area contributed by atoms with Crippen LogP contribution >= 0.6 is 0 Å². The minimum atomic E-state index is -3.99. The molecule has 8 nitrogen and oxygen atoms in total. The lowest BCUT2D eigenvalue weighted by atomic mass is 10.00. The van der Waals surface area contributed by atoms with Crippen LogP contribution in [0.5, 0.6) is 0 Å². The number of methoxy groups -OCH3 is 1. The number of ether oxygens (including phenoxy) is 2. The number of amides is 1. The molecule has 9 heteroatoms. The predicted molar refractivity (Wildman–Crippen MR) is 101 cm³/mol. The Bertz CT molecular complexity index is 812. The maximum atomic E-state index is 12.5. The smallest absolute Gasteiger partial charge is 0.411 e. The summed E-state index contributed by atoms with van der Waals surface area (Å²) in [6.45, 7) is 7.14. The normalized spacial score (nSPS) is 20.5. The van der Waals surface area contributed by atoms with E-state index < -0.39 is 39.9 Å². The SMILES string of the molecule is COC(=O)C1CC(OS(=O)(=O)c2ccc(C)cc2)CCN1C(=O)OC(C)(C)C. The molecule has 156 valence electrons. The highest BCUT2D eigenvalue weighted by Gasteiger charge is 2.40. The van der Waals surface area contributed by atoms with Crippen LogP contribution in [0.25, 0.3) is 0 Å². The molecule has 0 N–H and O–H groups in total. The van der Waals surface area contributed by atoms with Crippen LogP contribution in [0.2, 0.25) is 0 Å². The molecule has 1 saturated heterocycles. The highest BCUT2D eigenvalue weighted by molar-refractivity contribution is 7.86. The molecule has 2 rings (SSSR count). The van der Waals surface area contributed by atoms with Crippen molar-refractivity contribution in [3.63, 3.8) is 0 Å². The number of esters is 1. The standard InChI is InChI=1S/C19H27NO7S/c1-13-6-8-15(9-7-13)28(23,24)27-14-10-11-20(16(12-14)17(21)25-5)18(22)26-19(2,3)4/h6-9,14,16H,10-12H2,1-5H3. The van der Waals surface area contributed by atoms with Crippen molar-refractivity contribution in [3.05, 3.63) is 29.8 Å². The molecule has 1 aliphatic rings. The number of piperidine rings is 1. The lowest BCUT2D eigenvalue weighted by molar-refractivity contribution is -0.149. The molecule has 0 aliphatic carbocycles. The number of nitrogens with zero attached hydrogens (tertiary/aromatic N) is 1. The molecule has 1 aromatic carbocycles. The molecule has 0 bridgehead atoms. The third kappa shape index (κ3) is 5.68. The van der Waals surface area contributed by atoms with Crippen molar-refractivity contribution in [2.75, 3.05) is 13.7 Å². The lowest BCUT2D eigenvalue weighted by Gasteiger charge is -2.37. The van der Waals surface area contributed by atoms with Crippen LogP contribution < -0.4 is 0 Å². The number of likely N-dealkylation sites (tertiary alicyclic amines) is 1. The van der Waals surface area contributed by atoms with E-state index in [4.69, 9.17) is 13.7 Å². The summed E-state index contributed by atoms with van der Waals surface area (Å²) in [6, 6.07) is 5.32. The molecule has 1 aromatic rings. The van der Waals surface area contributed by atoms with Crippen molar-refractivity contribution in [2.24, 2.45) is 0 Å². The summed E-state index contributed by atoms with van der Waals surface area (Å²) in [5, 5.41) is 0. The summed E-state index contributed by atoms with van der Waals surface area (Å²) in [5.74, 6) is -0.646. The van der Waals surface area contributed by atoms with E-state index in [1.54, 1.807) is 32.9 Å². The third-order valence-electron chi connectivity index (χ3n) is 4.23. The fourth-order valence-corrected chi connectivity index (χ4v) is 3.97. The first-order chi connectivity index (χ1) is 12.9. The molecule has 28 heavy (non-hydrogen) atoms. The van der Waals surface area contributed by atoms with Gasteiger partial charge in [-0.1, -0.05) is 17.7 Å². The van der Waals surface area contributed by atoms with Gasteiger partial charge in [-0.25, -0.2) is 9.59 Å². The molecule has 0 spiro atoms. The number of hydrogen-bond donors (Lipinski definition) is 0. The van der Waals surface area contributed by atoms with Crippen molar-refractivity contribution in [3.8, 4) is 0 Å². The van der Waals surface area contributed by atoms with Gasteiger partial charge in [0.2, 0.25) is 0 Å². The first-order valence-electron chi connectivity index (χ1n) is 9.00. The van der Waals surface area contributed by atoms with Gasteiger partial charge in [0, 0.05) is 13.0 Å². The summed E-state index contributed by atoms with van der Waals surface area (Å²) >= 11 is 0. The molecule has 2 atom stereocenters. The first kappa shape index (κ1) is 22.2. The number of aryl methyl sites for hydroxylation is 1. The summed E-state index contributed by atoms with van der Waals surface area (Å²) in [5.41, 5.74) is 0.204. The van der Waals surface area contributed by atoms with Gasteiger partial charge in [-0.2, -0.15) is 8.42 Å². The highest BCUT2D eigenvalue weighted by Crippen LogP contribution is 2.26. The van der Waals surface area contributed by atoms with E-state index >= 15 is 0 Å². The monoisotopic (exact) mass is 413 g/mol. The summed E-state index contributed by atoms with van der Waals surface area (Å²) in [7, 11) is -2.77. The molecule has 0 aromatic heterocycles. The van der Waals surface area contributed by atoms with Crippen LogP contribution in [-0.4, -0.2) is 56.8 Å². The maximum Gasteiger partial charge on any atom is 0.411 e. The second-order valence-electron chi connectivity index (χ2n) is 7.72. The van der Waals surface area contributed by atoms with Gasteiger partial charge in [-0.3, -0.25) is 9.08 Å². The Hall–Kier alpha value is -2.13. The van der Waals surface area contributed by atoms with E-state index in [-0.39, 0.29) is 24.3 Å². The topological polar surface area (TPSA) is 99.2 Å². The van der Waals surface area contributed by atoms with Crippen molar-refractivity contribution in [1.82, 2.24) is 4.90 Å². The van der Waals surface area contributed by atoms with Gasteiger partial charge < -0.3 is 9.47 Å². The number of rotatable bonds is 4. The van der Waals surface area contributed by atoms with Gasteiger partial charge in [0.15, 0.2) is 0 Å². The van der Waals surface area contributed by atoms with Crippen LogP contribution in [0.4, 0.5) is 4.79 Å². The number of carbonyl (C=O) groups is 2. The van der Waals surface area contributed by atoms with Crippen LogP contribution in [-0.2, 0) is 28.6 Å². The largest absolute Gasteiger partial charge is 0.467 e. The van der Waals surface area contributed by atoms with Crippen molar-refractivity contribution in [1.29, 1.82) is 0 Å². The molecule has 0 saturated carbocycles. The van der Waals surface area contributed by atoms with E-state index in [0.29, 0.717) is 0 Å². The Balaban J connectivity index is 2.14. The van der Waals surface area contributed by atoms with Gasteiger partial charge in [-0.15, -0.1) is 0 Å². The Kier molecular flexibility index (Phi) is 6.71. The summed E-state index contributed by atoms with van der Waals surface area (Å²) in [4.78, 5) is 25.9. The van der Waals surface area contributed by atoms with Gasteiger partial charge in [0.1, 0.15) is 11.6 Å². The molecule has 1 aliphatic heterocycles. The molecule has 2 unspecified atom stereocenters. The predicted octanol–water partition coefficient (Wildman–Crippen LogP) is 2.64. The lowest BCUT2D eigenvalue weighted by Crippen LogP contribution is -2.53. The second-order valence-corrected chi connectivity index (χ2v) is 9.29. The number of carbonyl (C=O) groups excluding carboxylic acids is 2. The molecular formula is C19H27NO7S. The van der Waals surface area contributed by atoms with Crippen LogP contribution in [0.15, 0.2) is 29.2 Å². The van der Waals surface area contributed by atoms with E-state index in [9.17, 15) is 18.0 Å². The Labute approximate surface area is 165 Å². The van der Waals surface area contributed by atoms with E-state index in [0.717, 1.165) is 5.56 Å².